The lowest BCUT2D eigenvalue weighted by atomic mass is 10.2. The number of carbonyl (C=O) groups is 4. The minimum absolute atomic E-state index is 0.0239. The van der Waals surface area contributed by atoms with Gasteiger partial charge in [0.25, 0.3) is 5.91 Å². The van der Waals surface area contributed by atoms with E-state index in [4.69, 9.17) is 9.47 Å². The molecule has 2 aliphatic rings. The van der Waals surface area contributed by atoms with E-state index in [0.717, 1.165) is 17.0 Å². The summed E-state index contributed by atoms with van der Waals surface area (Å²) in [6.07, 6.45) is -0.962. The van der Waals surface area contributed by atoms with Crippen molar-refractivity contribution in [2.24, 2.45) is 0 Å². The molecule has 2 aliphatic heterocycles. The number of rotatable bonds is 8. The van der Waals surface area contributed by atoms with E-state index in [2.05, 4.69) is 15.6 Å². The molecule has 1 aromatic heterocycles. The molecular weight excluding hydrogens is 534 g/mol. The summed E-state index contributed by atoms with van der Waals surface area (Å²) in [6.45, 7) is 2.11. The lowest BCUT2D eigenvalue weighted by Crippen LogP contribution is -2.51. The standard InChI is InChI=1S/C25H28F2N6O7/c1-2-39-24(37)30-12-17-14-33(25(38)40-17)16-9-18(26)22(19(27)10-16)32-7-5-31(6-8-32)21(35)13-29-23(36)15-3-4-20(34)28-11-15/h3-4,9-11,17H,2,5-8,12-14H2,1H3,(H,28,34)(H,29,36)(H,30,37). The molecule has 214 valence electrons. The van der Waals surface area contributed by atoms with Crippen molar-refractivity contribution in [2.75, 3.05) is 62.2 Å². The zero-order chi connectivity index (χ0) is 28.8. The van der Waals surface area contributed by atoms with Crippen molar-refractivity contribution in [2.45, 2.75) is 13.0 Å². The number of anilines is 2. The molecule has 0 spiro atoms. The molecule has 40 heavy (non-hydrogen) atoms. The topological polar surface area (TPSA) is 153 Å². The van der Waals surface area contributed by atoms with Gasteiger partial charge in [-0.2, -0.15) is 0 Å². The highest BCUT2D eigenvalue weighted by molar-refractivity contribution is 5.96. The molecule has 2 saturated heterocycles. The minimum atomic E-state index is -0.885. The molecule has 2 aromatic rings. The number of aromatic amines is 1. The summed E-state index contributed by atoms with van der Waals surface area (Å²) in [6, 6.07) is 4.59. The fraction of sp³-hybridized carbons (Fsp3) is 0.400. The number of alkyl carbamates (subject to hydrolysis) is 1. The maximum Gasteiger partial charge on any atom is 0.414 e. The molecule has 4 rings (SSSR count). The monoisotopic (exact) mass is 562 g/mol. The number of amides is 4. The van der Waals surface area contributed by atoms with E-state index in [0.29, 0.717) is 0 Å². The minimum Gasteiger partial charge on any atom is -0.450 e. The van der Waals surface area contributed by atoms with E-state index in [1.807, 2.05) is 0 Å². The van der Waals surface area contributed by atoms with Crippen LogP contribution in [0.25, 0.3) is 0 Å². The van der Waals surface area contributed by atoms with Crippen LogP contribution < -0.4 is 26.0 Å². The Hall–Kier alpha value is -4.69. The van der Waals surface area contributed by atoms with Gasteiger partial charge in [0, 0.05) is 50.6 Å². The van der Waals surface area contributed by atoms with Gasteiger partial charge in [0.2, 0.25) is 11.5 Å². The molecule has 0 aliphatic carbocycles. The van der Waals surface area contributed by atoms with E-state index in [-0.39, 0.29) is 80.8 Å². The number of benzene rings is 1. The van der Waals surface area contributed by atoms with E-state index < -0.39 is 35.8 Å². The first kappa shape index (κ1) is 28.3. The van der Waals surface area contributed by atoms with E-state index >= 15 is 8.78 Å². The molecule has 15 heteroatoms. The number of nitrogens with zero attached hydrogens (tertiary/aromatic N) is 3. The molecule has 4 amide bonds. The number of ether oxygens (including phenoxy) is 2. The van der Waals surface area contributed by atoms with Gasteiger partial charge >= 0.3 is 12.2 Å². The average Bonchev–Trinajstić information content (AvgIpc) is 3.31. The number of hydrogen-bond acceptors (Lipinski definition) is 8. The summed E-state index contributed by atoms with van der Waals surface area (Å²) < 4.78 is 40.1. The number of piperazine rings is 1. The summed E-state index contributed by atoms with van der Waals surface area (Å²) in [4.78, 5) is 65.9. The molecule has 3 N–H and O–H groups in total. The predicted molar refractivity (Wildman–Crippen MR) is 137 cm³/mol. The van der Waals surface area contributed by atoms with Gasteiger partial charge in [0.05, 0.1) is 37.5 Å². The Morgan fingerprint density at radius 2 is 1.77 bits per heavy atom. The van der Waals surface area contributed by atoms with Crippen molar-refractivity contribution in [1.29, 1.82) is 0 Å². The lowest BCUT2D eigenvalue weighted by molar-refractivity contribution is -0.130. The number of pyridine rings is 1. The maximum atomic E-state index is 15.1. The smallest absolute Gasteiger partial charge is 0.414 e. The maximum absolute atomic E-state index is 15.1. The molecule has 0 bridgehead atoms. The number of halogens is 2. The Balaban J connectivity index is 1.31. The van der Waals surface area contributed by atoms with Crippen LogP contribution in [0, 0.1) is 11.6 Å². The van der Waals surface area contributed by atoms with Gasteiger partial charge in [-0.05, 0) is 13.0 Å². The molecule has 1 atom stereocenters. The Labute approximate surface area is 227 Å². The average molecular weight is 563 g/mol. The van der Waals surface area contributed by atoms with Crippen LogP contribution >= 0.6 is 0 Å². The van der Waals surface area contributed by atoms with Crippen LogP contribution in [0.1, 0.15) is 17.3 Å². The van der Waals surface area contributed by atoms with Crippen molar-refractivity contribution >= 4 is 35.4 Å². The highest BCUT2D eigenvalue weighted by Gasteiger charge is 2.34. The van der Waals surface area contributed by atoms with E-state index in [1.165, 1.54) is 28.1 Å². The van der Waals surface area contributed by atoms with Crippen molar-refractivity contribution < 1.29 is 37.4 Å². The molecule has 3 heterocycles. The first-order valence-corrected chi connectivity index (χ1v) is 12.5. The molecule has 13 nitrogen and oxygen atoms in total. The summed E-state index contributed by atoms with van der Waals surface area (Å²) in [7, 11) is 0. The molecule has 2 fully saturated rings. The highest BCUT2D eigenvalue weighted by atomic mass is 19.1. The van der Waals surface area contributed by atoms with Crippen LogP contribution in [0.2, 0.25) is 0 Å². The Kier molecular flexibility index (Phi) is 8.81. The van der Waals surface area contributed by atoms with E-state index in [9.17, 15) is 24.0 Å². The van der Waals surface area contributed by atoms with Crippen LogP contribution in [0.4, 0.5) is 29.7 Å². The summed E-state index contributed by atoms with van der Waals surface area (Å²) in [5, 5.41) is 4.93. The number of H-pyrrole nitrogens is 1. The second-order valence-electron chi connectivity index (χ2n) is 8.97. The number of carbonyl (C=O) groups excluding carboxylic acids is 4. The summed E-state index contributed by atoms with van der Waals surface area (Å²) in [5.41, 5.74) is -0.483. The van der Waals surface area contributed by atoms with Crippen LogP contribution in [-0.4, -0.2) is 92.4 Å². The normalized spacial score (nSPS) is 16.9. The van der Waals surface area contributed by atoms with Gasteiger partial charge in [0.15, 0.2) is 11.6 Å². The molecule has 0 radical (unpaired) electrons. The highest BCUT2D eigenvalue weighted by Crippen LogP contribution is 2.31. The summed E-state index contributed by atoms with van der Waals surface area (Å²) in [5.74, 6) is -2.67. The molecule has 0 saturated carbocycles. The Morgan fingerprint density at radius 3 is 2.40 bits per heavy atom. The number of cyclic esters (lactones) is 1. The zero-order valence-corrected chi connectivity index (χ0v) is 21.6. The lowest BCUT2D eigenvalue weighted by Gasteiger charge is -2.36. The van der Waals surface area contributed by atoms with Gasteiger partial charge < -0.3 is 34.9 Å². The summed E-state index contributed by atoms with van der Waals surface area (Å²) >= 11 is 0. The third-order valence-electron chi connectivity index (χ3n) is 6.33. The van der Waals surface area contributed by atoms with E-state index in [1.54, 1.807) is 6.92 Å². The Bertz CT molecular complexity index is 1300. The third kappa shape index (κ3) is 6.65. The largest absolute Gasteiger partial charge is 0.450 e. The molecule has 1 unspecified atom stereocenters. The number of aromatic nitrogens is 1. The van der Waals surface area contributed by atoms with Crippen molar-refractivity contribution in [3.8, 4) is 0 Å². The Morgan fingerprint density at radius 1 is 1.07 bits per heavy atom. The van der Waals surface area contributed by atoms with Gasteiger partial charge in [0.1, 0.15) is 11.8 Å². The van der Waals surface area contributed by atoms with Crippen LogP contribution in [-0.2, 0) is 14.3 Å². The molecular formula is C25H28F2N6O7. The van der Waals surface area contributed by atoms with Gasteiger partial charge in [-0.15, -0.1) is 0 Å². The van der Waals surface area contributed by atoms with Crippen LogP contribution in [0.3, 0.4) is 0 Å². The zero-order valence-electron chi connectivity index (χ0n) is 21.6. The molecule has 1 aromatic carbocycles. The third-order valence-corrected chi connectivity index (χ3v) is 6.33. The van der Waals surface area contributed by atoms with Crippen molar-refractivity contribution in [3.05, 3.63) is 58.0 Å². The van der Waals surface area contributed by atoms with Gasteiger partial charge in [-0.3, -0.25) is 19.3 Å². The van der Waals surface area contributed by atoms with Crippen LogP contribution in [0.15, 0.2) is 35.3 Å². The van der Waals surface area contributed by atoms with Crippen LogP contribution in [0.5, 0.6) is 0 Å². The number of hydrogen-bond donors (Lipinski definition) is 3. The number of nitrogens with one attached hydrogen (secondary N) is 3. The fourth-order valence-corrected chi connectivity index (χ4v) is 4.33. The van der Waals surface area contributed by atoms with Crippen molar-refractivity contribution in [1.82, 2.24) is 20.5 Å². The van der Waals surface area contributed by atoms with Crippen molar-refractivity contribution in [3.63, 3.8) is 0 Å². The predicted octanol–water partition coefficient (Wildman–Crippen LogP) is 0.803. The second-order valence-corrected chi connectivity index (χ2v) is 8.97. The first-order chi connectivity index (χ1) is 19.2. The van der Waals surface area contributed by atoms with Gasteiger partial charge in [-0.1, -0.05) is 0 Å². The van der Waals surface area contributed by atoms with Gasteiger partial charge in [-0.25, -0.2) is 18.4 Å². The first-order valence-electron chi connectivity index (χ1n) is 12.5. The SMILES string of the molecule is CCOC(=O)NCC1CN(c2cc(F)c(N3CCN(C(=O)CNC(=O)c4ccc(=O)[nH]c4)CC3)c(F)c2)C(=O)O1. The second kappa shape index (κ2) is 12.4. The quantitative estimate of drug-likeness (QED) is 0.427. The fourth-order valence-electron chi connectivity index (χ4n) is 4.33.